The topological polar surface area (TPSA) is 35.4 Å². The minimum absolute atomic E-state index is 0.0695. The number of quaternary nitrogens is 1. The van der Waals surface area contributed by atoms with Gasteiger partial charge in [-0.25, -0.2) is 0 Å². The van der Waals surface area contributed by atoms with Gasteiger partial charge in [0.2, 0.25) is 0 Å². The van der Waals surface area contributed by atoms with Crippen LogP contribution in [-0.2, 0) is 0 Å². The highest BCUT2D eigenvalue weighted by Gasteiger charge is 2.31. The van der Waals surface area contributed by atoms with E-state index >= 15 is 0 Å². The highest BCUT2D eigenvalue weighted by molar-refractivity contribution is 5.91. The number of para-hydroxylation sites is 1. The van der Waals surface area contributed by atoms with Gasteiger partial charge in [-0.15, -0.1) is 0 Å². The fraction of sp³-hybridized carbons (Fsp3) is 0.300. The van der Waals surface area contributed by atoms with Gasteiger partial charge in [0, 0.05) is 6.07 Å². The minimum Gasteiger partial charge on any atom is -0.599 e. The molecule has 1 aromatic rings. The summed E-state index contributed by atoms with van der Waals surface area (Å²) in [6.07, 6.45) is 1.66. The maximum absolute atomic E-state index is 12.2. The van der Waals surface area contributed by atoms with Gasteiger partial charge in [-0.2, -0.15) is 4.76 Å². The fourth-order valence-corrected chi connectivity index (χ4v) is 1.51. The van der Waals surface area contributed by atoms with Crippen molar-refractivity contribution in [3.8, 4) is 0 Å². The van der Waals surface area contributed by atoms with E-state index in [1.54, 1.807) is 6.21 Å². The van der Waals surface area contributed by atoms with E-state index in [0.29, 0.717) is 0 Å². The second-order valence-electron chi connectivity index (χ2n) is 3.52. The molecule has 0 aliphatic carbocycles. The van der Waals surface area contributed by atoms with Crippen LogP contribution in [0.1, 0.15) is 19.4 Å². The van der Waals surface area contributed by atoms with Gasteiger partial charge in [0.25, 0.3) is 0 Å². The van der Waals surface area contributed by atoms with Gasteiger partial charge < -0.3 is 5.21 Å². The zero-order chi connectivity index (χ0) is 9.47. The lowest BCUT2D eigenvalue weighted by Crippen LogP contribution is -2.42. The number of fused-ring (bicyclic) bond motifs is 1. The highest BCUT2D eigenvalue weighted by Crippen LogP contribution is 2.33. The van der Waals surface area contributed by atoms with E-state index < -0.39 is 4.76 Å². The molecule has 0 saturated carbocycles. The van der Waals surface area contributed by atoms with E-state index in [4.69, 9.17) is 0 Å². The molecule has 13 heavy (non-hydrogen) atoms. The Hall–Kier alpha value is -1.19. The van der Waals surface area contributed by atoms with Crippen LogP contribution < -0.4 is 4.76 Å². The van der Waals surface area contributed by atoms with Crippen LogP contribution in [0.3, 0.4) is 0 Å². The molecule has 0 aromatic heterocycles. The third kappa shape index (κ3) is 1.08. The number of hydroxylamine groups is 1. The van der Waals surface area contributed by atoms with E-state index in [1.807, 2.05) is 38.1 Å². The average molecular weight is 176 g/mol. The molecule has 0 saturated heterocycles. The minimum atomic E-state index is -0.573. The summed E-state index contributed by atoms with van der Waals surface area (Å²) < 4.78 is -0.573. The van der Waals surface area contributed by atoms with E-state index in [0.717, 1.165) is 11.3 Å². The second-order valence-corrected chi connectivity index (χ2v) is 3.52. The maximum Gasteiger partial charge on any atom is 0.168 e. The second kappa shape index (κ2) is 2.65. The zero-order valence-corrected chi connectivity index (χ0v) is 7.77. The summed E-state index contributed by atoms with van der Waals surface area (Å²) >= 11 is 0. The smallest absolute Gasteiger partial charge is 0.168 e. The molecule has 0 bridgehead atoms. The monoisotopic (exact) mass is 176 g/mol. The molecule has 1 atom stereocenters. The van der Waals surface area contributed by atoms with Crippen LogP contribution in [0.5, 0.6) is 0 Å². The molecule has 0 radical (unpaired) electrons. The maximum atomic E-state index is 12.2. The van der Waals surface area contributed by atoms with Crippen molar-refractivity contribution < 1.29 is 0 Å². The molecule has 3 heteroatoms. The Labute approximate surface area is 77.5 Å². The Morgan fingerprint density at radius 2 is 2.00 bits per heavy atom. The molecule has 1 aliphatic heterocycles. The van der Waals surface area contributed by atoms with E-state index in [9.17, 15) is 5.21 Å². The lowest BCUT2D eigenvalue weighted by Gasteiger charge is -2.36. The molecule has 2 rings (SSSR count). The normalized spacial score (nSPS) is 25.2. The highest BCUT2D eigenvalue weighted by atomic mass is 16.6. The molecule has 1 aliphatic rings. The van der Waals surface area contributed by atoms with Gasteiger partial charge in [-0.05, 0) is 19.9 Å². The first kappa shape index (κ1) is 8.41. The van der Waals surface area contributed by atoms with Gasteiger partial charge in [0.05, 0.1) is 11.8 Å². The van der Waals surface area contributed by atoms with Gasteiger partial charge in [0.1, 0.15) is 6.04 Å². The molecule has 1 unspecified atom stereocenters. The standard InChI is InChI=1S/C10H12N2O/c1-8(2)12(13)10-6-4-3-5-9(10)7-11-12/h3-8H,1-2H3. The Balaban J connectivity index is 2.55. The zero-order valence-electron chi connectivity index (χ0n) is 7.77. The molecule has 68 valence electrons. The van der Waals surface area contributed by atoms with Crippen molar-refractivity contribution in [2.24, 2.45) is 5.10 Å². The first-order valence-electron chi connectivity index (χ1n) is 4.39. The average Bonchev–Trinajstić information content (AvgIpc) is 2.47. The van der Waals surface area contributed by atoms with Crippen molar-refractivity contribution in [1.82, 2.24) is 4.76 Å². The number of rotatable bonds is 1. The first-order valence-corrected chi connectivity index (χ1v) is 4.39. The molecule has 1 aromatic carbocycles. The summed E-state index contributed by atoms with van der Waals surface area (Å²) in [5.41, 5.74) is 1.68. The fourth-order valence-electron chi connectivity index (χ4n) is 1.51. The summed E-state index contributed by atoms with van der Waals surface area (Å²) in [6.45, 7) is 3.76. The van der Waals surface area contributed by atoms with Gasteiger partial charge in [-0.3, -0.25) is 0 Å². The number of nitrogens with zero attached hydrogens (tertiary/aromatic N) is 2. The molecular weight excluding hydrogens is 164 g/mol. The molecule has 0 N–H and O–H groups in total. The molecule has 1 heterocycles. The van der Waals surface area contributed by atoms with Crippen LogP contribution in [-0.4, -0.2) is 12.3 Å². The summed E-state index contributed by atoms with van der Waals surface area (Å²) in [5, 5.41) is 16.2. The molecule has 0 fully saturated rings. The van der Waals surface area contributed by atoms with Crippen molar-refractivity contribution in [1.29, 1.82) is 0 Å². The predicted molar refractivity (Wildman–Crippen MR) is 54.3 cm³/mol. The molecule has 3 nitrogen and oxygen atoms in total. The third-order valence-corrected chi connectivity index (χ3v) is 2.35. The Kier molecular flexibility index (Phi) is 1.71. The van der Waals surface area contributed by atoms with E-state index in [2.05, 4.69) is 5.10 Å². The number of hydrogen-bond acceptors (Lipinski definition) is 2. The number of benzene rings is 1. The third-order valence-electron chi connectivity index (χ3n) is 2.35. The van der Waals surface area contributed by atoms with Crippen LogP contribution in [0.25, 0.3) is 0 Å². The van der Waals surface area contributed by atoms with Crippen LogP contribution in [0.2, 0.25) is 0 Å². The van der Waals surface area contributed by atoms with Crippen molar-refractivity contribution in [3.63, 3.8) is 0 Å². The van der Waals surface area contributed by atoms with Crippen molar-refractivity contribution in [2.75, 3.05) is 0 Å². The van der Waals surface area contributed by atoms with E-state index in [-0.39, 0.29) is 6.04 Å². The lowest BCUT2D eigenvalue weighted by atomic mass is 10.2. The molecular formula is C10H12N2O. The lowest BCUT2D eigenvalue weighted by molar-refractivity contribution is 0.332. The van der Waals surface area contributed by atoms with Gasteiger partial charge in [-0.1, -0.05) is 17.2 Å². The van der Waals surface area contributed by atoms with Gasteiger partial charge >= 0.3 is 0 Å². The molecule has 0 amide bonds. The van der Waals surface area contributed by atoms with Crippen molar-refractivity contribution >= 4 is 11.9 Å². The van der Waals surface area contributed by atoms with Crippen LogP contribution >= 0.6 is 0 Å². The Morgan fingerprint density at radius 3 is 2.69 bits per heavy atom. The van der Waals surface area contributed by atoms with Crippen molar-refractivity contribution in [3.05, 3.63) is 35.0 Å². The molecule has 0 spiro atoms. The van der Waals surface area contributed by atoms with Crippen LogP contribution in [0.4, 0.5) is 5.69 Å². The summed E-state index contributed by atoms with van der Waals surface area (Å²) in [6, 6.07) is 7.48. The largest absolute Gasteiger partial charge is 0.599 e. The SMILES string of the molecule is CC(C)[N+]1([O-])N=Cc2ccccc21. The first-order chi connectivity index (χ1) is 6.14. The predicted octanol–water partition coefficient (Wildman–Crippen LogP) is 2.25. The van der Waals surface area contributed by atoms with E-state index in [1.165, 1.54) is 0 Å². The number of hydrogen-bond donors (Lipinski definition) is 0. The summed E-state index contributed by atoms with van der Waals surface area (Å²) in [5.74, 6) is 0. The summed E-state index contributed by atoms with van der Waals surface area (Å²) in [4.78, 5) is 0. The van der Waals surface area contributed by atoms with Crippen LogP contribution in [0.15, 0.2) is 29.4 Å². The van der Waals surface area contributed by atoms with Crippen LogP contribution in [0, 0.1) is 5.21 Å². The Bertz CT molecular complexity index is 360. The quantitative estimate of drug-likeness (QED) is 0.477. The van der Waals surface area contributed by atoms with Crippen molar-refractivity contribution in [2.45, 2.75) is 19.9 Å². The summed E-state index contributed by atoms with van der Waals surface area (Å²) in [7, 11) is 0. The Morgan fingerprint density at radius 1 is 1.31 bits per heavy atom. The van der Waals surface area contributed by atoms with Gasteiger partial charge in [0.15, 0.2) is 5.69 Å².